The van der Waals surface area contributed by atoms with Crippen LogP contribution in [-0.2, 0) is 6.54 Å². The summed E-state index contributed by atoms with van der Waals surface area (Å²) in [6.07, 6.45) is 7.28. The SMILES string of the molecule is CSC(C)(C)CNc1c(Cl)cnn(CC2CCC2)c1=O. The molecule has 1 aliphatic carbocycles. The van der Waals surface area contributed by atoms with Gasteiger partial charge in [-0.05, 0) is 38.9 Å². The van der Waals surface area contributed by atoms with E-state index >= 15 is 0 Å². The minimum atomic E-state index is -0.110. The first-order chi connectivity index (χ1) is 9.43. The van der Waals surface area contributed by atoms with Crippen LogP contribution in [0.1, 0.15) is 33.1 Å². The molecule has 1 saturated carbocycles. The third-order valence-corrected chi connectivity index (χ3v) is 5.43. The van der Waals surface area contributed by atoms with Crippen LogP contribution in [0.4, 0.5) is 5.69 Å². The van der Waals surface area contributed by atoms with E-state index in [1.165, 1.54) is 19.3 Å². The standard InChI is InChI=1S/C14H22ClN3OS/c1-14(2,20-3)9-16-12-11(15)7-17-18(13(12)19)8-10-5-4-6-10/h7,10,16H,4-6,8-9H2,1-3H3. The van der Waals surface area contributed by atoms with Crippen molar-refractivity contribution >= 4 is 29.1 Å². The number of nitrogens with one attached hydrogen (secondary N) is 1. The second-order valence-electron chi connectivity index (χ2n) is 5.97. The Morgan fingerprint density at radius 2 is 2.25 bits per heavy atom. The molecule has 0 aromatic carbocycles. The van der Waals surface area contributed by atoms with Gasteiger partial charge in [0, 0.05) is 17.8 Å². The molecule has 20 heavy (non-hydrogen) atoms. The fourth-order valence-electron chi connectivity index (χ4n) is 2.05. The lowest BCUT2D eigenvalue weighted by atomic mass is 9.85. The van der Waals surface area contributed by atoms with E-state index in [2.05, 4.69) is 30.5 Å². The second kappa shape index (κ2) is 6.39. The van der Waals surface area contributed by atoms with Crippen molar-refractivity contribution in [1.29, 1.82) is 0 Å². The van der Waals surface area contributed by atoms with E-state index in [0.29, 0.717) is 29.7 Å². The van der Waals surface area contributed by atoms with E-state index in [1.54, 1.807) is 22.6 Å². The van der Waals surface area contributed by atoms with E-state index in [-0.39, 0.29) is 10.3 Å². The zero-order valence-electron chi connectivity index (χ0n) is 12.3. The zero-order valence-corrected chi connectivity index (χ0v) is 13.9. The molecule has 1 aliphatic rings. The van der Waals surface area contributed by atoms with E-state index in [0.717, 1.165) is 0 Å². The van der Waals surface area contributed by atoms with Crippen molar-refractivity contribution in [2.45, 2.75) is 44.4 Å². The highest BCUT2D eigenvalue weighted by Crippen LogP contribution is 2.28. The highest BCUT2D eigenvalue weighted by molar-refractivity contribution is 7.99. The summed E-state index contributed by atoms with van der Waals surface area (Å²) in [7, 11) is 0. The van der Waals surface area contributed by atoms with Gasteiger partial charge in [0.15, 0.2) is 0 Å². The van der Waals surface area contributed by atoms with E-state index in [9.17, 15) is 4.79 Å². The van der Waals surface area contributed by atoms with Gasteiger partial charge in [0.05, 0.1) is 11.2 Å². The van der Waals surface area contributed by atoms with Crippen molar-refractivity contribution < 1.29 is 0 Å². The number of aromatic nitrogens is 2. The zero-order chi connectivity index (χ0) is 14.8. The molecule has 0 atom stereocenters. The van der Waals surface area contributed by atoms with Gasteiger partial charge in [0.1, 0.15) is 5.69 Å². The first-order valence-electron chi connectivity index (χ1n) is 6.97. The van der Waals surface area contributed by atoms with Crippen molar-refractivity contribution in [1.82, 2.24) is 9.78 Å². The van der Waals surface area contributed by atoms with Gasteiger partial charge in [0.25, 0.3) is 5.56 Å². The highest BCUT2D eigenvalue weighted by Gasteiger charge is 2.21. The fraction of sp³-hybridized carbons (Fsp3) is 0.714. The Morgan fingerprint density at radius 1 is 1.55 bits per heavy atom. The average Bonchev–Trinajstić information content (AvgIpc) is 2.35. The third kappa shape index (κ3) is 3.70. The molecule has 1 heterocycles. The molecule has 1 fully saturated rings. The molecular weight excluding hydrogens is 294 g/mol. The van der Waals surface area contributed by atoms with Crippen molar-refractivity contribution in [3.05, 3.63) is 21.6 Å². The lowest BCUT2D eigenvalue weighted by Gasteiger charge is -2.26. The van der Waals surface area contributed by atoms with Crippen LogP contribution in [0.15, 0.2) is 11.0 Å². The Hall–Kier alpha value is -0.680. The third-order valence-electron chi connectivity index (χ3n) is 3.90. The number of hydrogen-bond acceptors (Lipinski definition) is 4. The Bertz CT molecular complexity index is 526. The molecule has 1 aromatic heterocycles. The van der Waals surface area contributed by atoms with Gasteiger partial charge in [-0.25, -0.2) is 4.68 Å². The average molecular weight is 316 g/mol. The van der Waals surface area contributed by atoms with Crippen molar-refractivity contribution in [3.63, 3.8) is 0 Å². The molecule has 0 aliphatic heterocycles. The Morgan fingerprint density at radius 3 is 2.80 bits per heavy atom. The number of thioether (sulfide) groups is 1. The van der Waals surface area contributed by atoms with Gasteiger partial charge in [-0.15, -0.1) is 0 Å². The summed E-state index contributed by atoms with van der Waals surface area (Å²) in [6, 6.07) is 0. The van der Waals surface area contributed by atoms with Crippen molar-refractivity contribution in [2.75, 3.05) is 18.1 Å². The Balaban J connectivity index is 2.14. The number of rotatable bonds is 6. The molecule has 0 spiro atoms. The molecule has 0 radical (unpaired) electrons. The number of nitrogens with zero attached hydrogens (tertiary/aromatic N) is 2. The van der Waals surface area contributed by atoms with Crippen LogP contribution in [0.5, 0.6) is 0 Å². The minimum Gasteiger partial charge on any atom is -0.378 e. The minimum absolute atomic E-state index is 0.0534. The molecule has 0 unspecified atom stereocenters. The Kier molecular flexibility index (Phi) is 5.02. The maximum absolute atomic E-state index is 12.4. The first-order valence-corrected chi connectivity index (χ1v) is 8.58. The van der Waals surface area contributed by atoms with Gasteiger partial charge < -0.3 is 5.32 Å². The van der Waals surface area contributed by atoms with Crippen LogP contribution in [0.3, 0.4) is 0 Å². The van der Waals surface area contributed by atoms with Crippen LogP contribution in [-0.4, -0.2) is 27.3 Å². The van der Waals surface area contributed by atoms with Gasteiger partial charge in [0.2, 0.25) is 0 Å². The predicted molar refractivity (Wildman–Crippen MR) is 86.9 cm³/mol. The molecule has 1 N–H and O–H groups in total. The fourth-order valence-corrected chi connectivity index (χ4v) is 2.46. The molecule has 6 heteroatoms. The second-order valence-corrected chi connectivity index (χ2v) is 7.89. The summed E-state index contributed by atoms with van der Waals surface area (Å²) in [5.74, 6) is 0.594. The highest BCUT2D eigenvalue weighted by atomic mass is 35.5. The molecule has 0 saturated heterocycles. The maximum Gasteiger partial charge on any atom is 0.291 e. The molecule has 0 amide bonds. The van der Waals surface area contributed by atoms with Gasteiger partial charge in [-0.3, -0.25) is 4.79 Å². The lowest BCUT2D eigenvalue weighted by molar-refractivity contribution is 0.262. The van der Waals surface area contributed by atoms with Crippen LogP contribution in [0.25, 0.3) is 0 Å². The summed E-state index contributed by atoms with van der Waals surface area (Å²) in [5, 5.41) is 7.75. The first kappa shape index (κ1) is 15.7. The van der Waals surface area contributed by atoms with E-state index < -0.39 is 0 Å². The van der Waals surface area contributed by atoms with Crippen LogP contribution in [0, 0.1) is 5.92 Å². The number of anilines is 1. The van der Waals surface area contributed by atoms with Crippen LogP contribution >= 0.6 is 23.4 Å². The maximum atomic E-state index is 12.4. The molecule has 0 bridgehead atoms. The topological polar surface area (TPSA) is 46.9 Å². The quantitative estimate of drug-likeness (QED) is 0.875. The molecule has 4 nitrogen and oxygen atoms in total. The summed E-state index contributed by atoms with van der Waals surface area (Å²) >= 11 is 7.87. The van der Waals surface area contributed by atoms with Crippen molar-refractivity contribution in [2.24, 2.45) is 5.92 Å². The van der Waals surface area contributed by atoms with E-state index in [1.807, 2.05) is 0 Å². The largest absolute Gasteiger partial charge is 0.378 e. The molecule has 2 rings (SSSR count). The summed E-state index contributed by atoms with van der Waals surface area (Å²) < 4.78 is 1.60. The monoisotopic (exact) mass is 315 g/mol. The van der Waals surface area contributed by atoms with Gasteiger partial charge >= 0.3 is 0 Å². The summed E-state index contributed by atoms with van der Waals surface area (Å²) in [4.78, 5) is 12.4. The Labute approximate surface area is 129 Å². The predicted octanol–water partition coefficient (Wildman–Crippen LogP) is 3.25. The normalized spacial score (nSPS) is 16.0. The van der Waals surface area contributed by atoms with Gasteiger partial charge in [-0.1, -0.05) is 18.0 Å². The van der Waals surface area contributed by atoms with E-state index in [4.69, 9.17) is 11.6 Å². The number of halogens is 1. The molecular formula is C14H22ClN3OS. The smallest absolute Gasteiger partial charge is 0.291 e. The summed E-state index contributed by atoms with van der Waals surface area (Å²) in [6.45, 7) is 5.66. The molecule has 112 valence electrons. The number of hydrogen-bond donors (Lipinski definition) is 1. The van der Waals surface area contributed by atoms with Crippen LogP contribution < -0.4 is 10.9 Å². The van der Waals surface area contributed by atoms with Crippen molar-refractivity contribution in [3.8, 4) is 0 Å². The molecule has 1 aromatic rings. The van der Waals surface area contributed by atoms with Gasteiger partial charge in [-0.2, -0.15) is 16.9 Å². The van der Waals surface area contributed by atoms with Crippen LogP contribution in [0.2, 0.25) is 5.02 Å². The summed E-state index contributed by atoms with van der Waals surface area (Å²) in [5.41, 5.74) is 0.365. The lowest BCUT2D eigenvalue weighted by Crippen LogP contribution is -2.33.